The molecule has 0 radical (unpaired) electrons. The topological polar surface area (TPSA) is 118 Å². The van der Waals surface area contributed by atoms with Crippen LogP contribution in [0.5, 0.6) is 0 Å². The molecule has 0 saturated carbocycles. The summed E-state index contributed by atoms with van der Waals surface area (Å²) < 4.78 is 0. The van der Waals surface area contributed by atoms with Crippen LogP contribution in [0.3, 0.4) is 0 Å². The fraction of sp³-hybridized carbons (Fsp3) is 0.385. The summed E-state index contributed by atoms with van der Waals surface area (Å²) in [7, 11) is 0. The maximum atomic E-state index is 12.6. The van der Waals surface area contributed by atoms with Crippen LogP contribution in [0, 0.1) is 11.3 Å². The number of anilines is 1. The third kappa shape index (κ3) is 6.58. The Morgan fingerprint density at radius 2 is 2.00 bits per heavy atom. The van der Waals surface area contributed by atoms with E-state index >= 15 is 0 Å². The lowest BCUT2D eigenvalue weighted by Gasteiger charge is -2.23. The summed E-state index contributed by atoms with van der Waals surface area (Å²) in [6.07, 6.45) is 0.657. The third-order valence-electron chi connectivity index (χ3n) is 5.57. The number of hydrogen-bond acceptors (Lipinski definition) is 6. The first-order valence-electron chi connectivity index (χ1n) is 11.5. The van der Waals surface area contributed by atoms with Crippen molar-refractivity contribution >= 4 is 23.5 Å². The van der Waals surface area contributed by atoms with E-state index in [2.05, 4.69) is 53.1 Å². The number of hydrogen-bond donors (Lipinski definition) is 4. The zero-order chi connectivity index (χ0) is 24.7. The highest BCUT2D eigenvalue weighted by atomic mass is 16.2. The molecule has 0 fully saturated rings. The number of guanidine groups is 1. The minimum atomic E-state index is -0.338. The number of aliphatic imine (C=N–C) groups is 1. The summed E-state index contributed by atoms with van der Waals surface area (Å²) in [6.45, 7) is 9.59. The molecular weight excluding hydrogens is 428 g/mol. The molecule has 1 unspecified atom stereocenters. The first kappa shape index (κ1) is 24.8. The minimum Gasteiger partial charge on any atom is -0.354 e. The smallest absolute Gasteiger partial charge is 0.251 e. The van der Waals surface area contributed by atoms with Crippen LogP contribution in [0.15, 0.2) is 47.5 Å². The van der Waals surface area contributed by atoms with Gasteiger partial charge in [0.15, 0.2) is 5.96 Å². The lowest BCUT2D eigenvalue weighted by molar-refractivity contribution is -0.120. The van der Waals surface area contributed by atoms with E-state index in [0.717, 1.165) is 23.4 Å². The van der Waals surface area contributed by atoms with Crippen molar-refractivity contribution in [2.24, 2.45) is 4.99 Å². The largest absolute Gasteiger partial charge is 0.354 e. The van der Waals surface area contributed by atoms with Gasteiger partial charge in [0.05, 0.1) is 30.8 Å². The number of carbonyl (C=O) groups excluding carboxylic acids is 2. The number of nitrogens with zero attached hydrogens (tertiary/aromatic N) is 2. The van der Waals surface area contributed by atoms with Crippen molar-refractivity contribution in [1.82, 2.24) is 16.0 Å². The molecular formula is C26H32N6O2. The van der Waals surface area contributed by atoms with E-state index in [1.807, 2.05) is 31.2 Å². The summed E-state index contributed by atoms with van der Waals surface area (Å²) >= 11 is 0. The molecule has 0 spiro atoms. The highest BCUT2D eigenvalue weighted by Gasteiger charge is 2.20. The number of benzene rings is 2. The average molecular weight is 461 g/mol. The molecule has 0 saturated heterocycles. The van der Waals surface area contributed by atoms with Gasteiger partial charge in [-0.3, -0.25) is 14.6 Å². The lowest BCUT2D eigenvalue weighted by Crippen LogP contribution is -2.38. The Morgan fingerprint density at radius 1 is 1.21 bits per heavy atom. The second kappa shape index (κ2) is 10.8. The Hall–Kier alpha value is -3.86. The predicted octanol–water partition coefficient (Wildman–Crippen LogP) is 3.22. The van der Waals surface area contributed by atoms with Crippen LogP contribution in [0.2, 0.25) is 0 Å². The average Bonchev–Trinajstić information content (AvgIpc) is 3.33. The highest BCUT2D eigenvalue weighted by molar-refractivity contribution is 5.99. The molecule has 178 valence electrons. The third-order valence-corrected chi connectivity index (χ3v) is 5.57. The van der Waals surface area contributed by atoms with Gasteiger partial charge in [-0.25, -0.2) is 0 Å². The fourth-order valence-electron chi connectivity index (χ4n) is 3.64. The maximum Gasteiger partial charge on any atom is 0.251 e. The predicted molar refractivity (Wildman–Crippen MR) is 134 cm³/mol. The van der Waals surface area contributed by atoms with Gasteiger partial charge in [-0.2, -0.15) is 5.26 Å². The molecule has 4 N–H and O–H groups in total. The van der Waals surface area contributed by atoms with Gasteiger partial charge in [-0.1, -0.05) is 39.8 Å². The van der Waals surface area contributed by atoms with Crippen LogP contribution < -0.4 is 21.3 Å². The van der Waals surface area contributed by atoms with Gasteiger partial charge in [0.1, 0.15) is 0 Å². The Bertz CT molecular complexity index is 1130. The van der Waals surface area contributed by atoms with E-state index < -0.39 is 0 Å². The van der Waals surface area contributed by atoms with Crippen LogP contribution >= 0.6 is 0 Å². The molecule has 2 aromatic carbocycles. The van der Waals surface area contributed by atoms with Crippen molar-refractivity contribution in [3.8, 4) is 6.07 Å². The van der Waals surface area contributed by atoms with E-state index in [4.69, 9.17) is 0 Å². The van der Waals surface area contributed by atoms with Gasteiger partial charge < -0.3 is 21.3 Å². The quantitative estimate of drug-likeness (QED) is 0.506. The molecule has 0 bridgehead atoms. The first-order valence-corrected chi connectivity index (χ1v) is 11.5. The van der Waals surface area contributed by atoms with Crippen LogP contribution in [0.4, 0.5) is 5.69 Å². The van der Waals surface area contributed by atoms with Gasteiger partial charge in [-0.05, 0) is 53.3 Å². The summed E-state index contributed by atoms with van der Waals surface area (Å²) in [4.78, 5) is 29.5. The van der Waals surface area contributed by atoms with Crippen molar-refractivity contribution in [1.29, 1.82) is 5.26 Å². The maximum absolute atomic E-state index is 12.6. The number of rotatable bonds is 7. The number of nitrogens with one attached hydrogen (secondary N) is 4. The molecule has 0 aromatic heterocycles. The van der Waals surface area contributed by atoms with Crippen LogP contribution in [0.25, 0.3) is 0 Å². The van der Waals surface area contributed by atoms with Crippen molar-refractivity contribution in [3.05, 3.63) is 64.7 Å². The van der Waals surface area contributed by atoms with E-state index in [0.29, 0.717) is 30.1 Å². The Balaban J connectivity index is 1.62. The van der Waals surface area contributed by atoms with Crippen molar-refractivity contribution in [2.75, 3.05) is 25.0 Å². The van der Waals surface area contributed by atoms with Crippen molar-refractivity contribution < 1.29 is 9.59 Å². The Kier molecular flexibility index (Phi) is 7.90. The van der Waals surface area contributed by atoms with Crippen molar-refractivity contribution in [2.45, 2.75) is 45.6 Å². The van der Waals surface area contributed by atoms with Crippen LogP contribution in [0.1, 0.15) is 67.2 Å². The standard InChI is InChI=1S/C26H32N6O2/c1-5-22(19-11-17(15-27)12-20(13-19)26(2,3)4)32-23(33)16-30-24(34)18-7-6-8-21(14-18)31-25-28-9-10-29-25/h6-8,11-14,22H,5,9-10,16H2,1-4H3,(H,30,34)(H,32,33)(H2,28,29,31). The molecule has 2 amide bonds. The summed E-state index contributed by atoms with van der Waals surface area (Å²) in [5, 5.41) is 21.4. The normalized spacial score (nSPS) is 13.8. The van der Waals surface area contributed by atoms with E-state index in [-0.39, 0.29) is 29.8 Å². The lowest BCUT2D eigenvalue weighted by atomic mass is 9.84. The van der Waals surface area contributed by atoms with E-state index in [1.54, 1.807) is 18.2 Å². The molecule has 0 aliphatic carbocycles. The van der Waals surface area contributed by atoms with Gasteiger partial charge in [0.2, 0.25) is 5.91 Å². The molecule has 8 nitrogen and oxygen atoms in total. The zero-order valence-electron chi connectivity index (χ0n) is 20.2. The van der Waals surface area contributed by atoms with Gasteiger partial charge in [0, 0.05) is 17.8 Å². The van der Waals surface area contributed by atoms with E-state index in [1.165, 1.54) is 0 Å². The number of nitriles is 1. The molecule has 3 rings (SSSR count). The second-order valence-electron chi connectivity index (χ2n) is 9.28. The summed E-state index contributed by atoms with van der Waals surface area (Å²) in [5.41, 5.74) is 3.55. The summed E-state index contributed by atoms with van der Waals surface area (Å²) in [5.74, 6) is 0.0472. The number of carbonyl (C=O) groups is 2. The Labute approximate surface area is 200 Å². The van der Waals surface area contributed by atoms with Gasteiger partial charge >= 0.3 is 0 Å². The van der Waals surface area contributed by atoms with Crippen molar-refractivity contribution in [3.63, 3.8) is 0 Å². The minimum absolute atomic E-state index is 0.123. The molecule has 2 aromatic rings. The monoisotopic (exact) mass is 460 g/mol. The van der Waals surface area contributed by atoms with Crippen LogP contribution in [-0.2, 0) is 10.2 Å². The Morgan fingerprint density at radius 3 is 2.65 bits per heavy atom. The molecule has 1 aliphatic rings. The molecule has 1 aliphatic heterocycles. The zero-order valence-corrected chi connectivity index (χ0v) is 20.2. The first-order chi connectivity index (χ1) is 16.2. The second-order valence-corrected chi connectivity index (χ2v) is 9.28. The van der Waals surface area contributed by atoms with Gasteiger partial charge in [0.25, 0.3) is 5.91 Å². The molecule has 1 atom stereocenters. The van der Waals surface area contributed by atoms with Crippen LogP contribution in [-0.4, -0.2) is 37.4 Å². The number of amides is 2. The van der Waals surface area contributed by atoms with Gasteiger partial charge in [-0.15, -0.1) is 0 Å². The molecule has 1 heterocycles. The fourth-order valence-corrected chi connectivity index (χ4v) is 3.64. The molecule has 8 heteroatoms. The SMILES string of the molecule is CCC(NC(=O)CNC(=O)c1cccc(NC2=NCCN2)c1)c1cc(C#N)cc(C(C)(C)C)c1. The highest BCUT2D eigenvalue weighted by Crippen LogP contribution is 2.28. The molecule has 34 heavy (non-hydrogen) atoms. The van der Waals surface area contributed by atoms with E-state index in [9.17, 15) is 14.9 Å². The summed E-state index contributed by atoms with van der Waals surface area (Å²) in [6, 6.07) is 14.7.